The minimum absolute atomic E-state index is 0. The molecule has 0 amide bonds. The maximum Gasteiger partial charge on any atom is 0.191 e. The number of guanidine groups is 1. The molecular formula is C17H31IN4OS. The number of hydrogen-bond donors (Lipinski definition) is 3. The molecule has 1 fully saturated rings. The van der Waals surface area contributed by atoms with E-state index in [4.69, 9.17) is 0 Å². The van der Waals surface area contributed by atoms with Crippen molar-refractivity contribution in [3.63, 3.8) is 0 Å². The van der Waals surface area contributed by atoms with Gasteiger partial charge < -0.3 is 15.7 Å². The zero-order valence-corrected chi connectivity index (χ0v) is 18.3. The Hall–Kier alpha value is -0.410. The highest BCUT2D eigenvalue weighted by Crippen LogP contribution is 2.35. The number of rotatable bonds is 5. The van der Waals surface area contributed by atoms with Crippen LogP contribution in [0.4, 0.5) is 0 Å². The smallest absolute Gasteiger partial charge is 0.191 e. The Morgan fingerprint density at radius 1 is 1.38 bits per heavy atom. The molecule has 0 radical (unpaired) electrons. The van der Waals surface area contributed by atoms with Crippen LogP contribution in [0.5, 0.6) is 0 Å². The lowest BCUT2D eigenvalue weighted by molar-refractivity contribution is 0.00397. The molecule has 0 aliphatic heterocycles. The molecule has 0 spiro atoms. The summed E-state index contributed by atoms with van der Waals surface area (Å²) in [4.78, 5) is 10.4. The third kappa shape index (κ3) is 5.84. The molecule has 1 aromatic heterocycles. The quantitative estimate of drug-likeness (QED) is 0.354. The van der Waals surface area contributed by atoms with Crippen LogP contribution in [0.1, 0.15) is 55.1 Å². The van der Waals surface area contributed by atoms with Gasteiger partial charge in [-0.1, -0.05) is 19.8 Å². The van der Waals surface area contributed by atoms with Crippen molar-refractivity contribution in [3.05, 3.63) is 15.6 Å². The van der Waals surface area contributed by atoms with Gasteiger partial charge in [-0.3, -0.25) is 0 Å². The summed E-state index contributed by atoms with van der Waals surface area (Å²) in [5.74, 6) is 0.803. The third-order valence-corrected chi connectivity index (χ3v) is 5.79. The van der Waals surface area contributed by atoms with Gasteiger partial charge >= 0.3 is 0 Å². The van der Waals surface area contributed by atoms with Gasteiger partial charge in [-0.05, 0) is 33.6 Å². The van der Waals surface area contributed by atoms with Crippen molar-refractivity contribution in [1.82, 2.24) is 15.6 Å². The molecule has 5 nitrogen and oxygen atoms in total. The summed E-state index contributed by atoms with van der Waals surface area (Å²) < 4.78 is 0. The van der Waals surface area contributed by atoms with Crippen LogP contribution in [-0.2, 0) is 6.54 Å². The van der Waals surface area contributed by atoms with Crippen LogP contribution < -0.4 is 10.6 Å². The highest BCUT2D eigenvalue weighted by molar-refractivity contribution is 14.0. The molecule has 1 saturated carbocycles. The minimum atomic E-state index is -0.226. The average Bonchev–Trinajstić information content (AvgIpc) is 2.84. The third-order valence-electron chi connectivity index (χ3n) is 4.73. The molecule has 2 unspecified atom stereocenters. The number of aliphatic imine (C=N–C) groups is 1. The topological polar surface area (TPSA) is 69.5 Å². The van der Waals surface area contributed by atoms with Crippen molar-refractivity contribution in [2.24, 2.45) is 10.4 Å². The molecule has 3 N–H and O–H groups in total. The Labute approximate surface area is 166 Å². The second-order valence-corrected chi connectivity index (χ2v) is 8.00. The Kier molecular flexibility index (Phi) is 8.94. The van der Waals surface area contributed by atoms with E-state index in [9.17, 15) is 5.11 Å². The van der Waals surface area contributed by atoms with Crippen LogP contribution in [0.3, 0.4) is 0 Å². The fraction of sp³-hybridized carbons (Fsp3) is 0.765. The molecule has 138 valence electrons. The maximum atomic E-state index is 10.3. The van der Waals surface area contributed by atoms with Gasteiger partial charge in [-0.25, -0.2) is 9.98 Å². The van der Waals surface area contributed by atoms with Gasteiger partial charge in [-0.15, -0.1) is 35.3 Å². The van der Waals surface area contributed by atoms with E-state index in [1.54, 1.807) is 11.3 Å². The van der Waals surface area contributed by atoms with Crippen LogP contribution in [-0.4, -0.2) is 35.2 Å². The molecule has 2 atom stereocenters. The summed E-state index contributed by atoms with van der Waals surface area (Å²) in [5, 5.41) is 18.0. The van der Waals surface area contributed by atoms with Crippen molar-refractivity contribution < 1.29 is 5.11 Å². The molecule has 2 rings (SSSR count). The predicted octanol–water partition coefficient (Wildman–Crippen LogP) is 3.37. The number of thiazole rings is 1. The number of hydrogen-bond acceptors (Lipinski definition) is 4. The zero-order chi connectivity index (χ0) is 16.9. The van der Waals surface area contributed by atoms with E-state index in [-0.39, 0.29) is 35.5 Å². The second-order valence-electron chi connectivity index (χ2n) is 6.71. The van der Waals surface area contributed by atoms with E-state index in [1.807, 2.05) is 6.92 Å². The van der Waals surface area contributed by atoms with Gasteiger partial charge in [-0.2, -0.15) is 0 Å². The largest absolute Gasteiger partial charge is 0.392 e. The minimum Gasteiger partial charge on any atom is -0.392 e. The molecule has 24 heavy (non-hydrogen) atoms. The van der Waals surface area contributed by atoms with Gasteiger partial charge in [0.25, 0.3) is 0 Å². The molecule has 1 heterocycles. The number of aliphatic hydroxyl groups excluding tert-OH is 1. The zero-order valence-electron chi connectivity index (χ0n) is 15.2. The summed E-state index contributed by atoms with van der Waals surface area (Å²) in [6.07, 6.45) is 4.07. The number of nitrogens with one attached hydrogen (secondary N) is 2. The standard InChI is InChI=1S/C17H30N4OS.HI/c1-5-18-16(19-10-15-21-12(2)13(3)23-15)20-11-17(4)9-7-6-8-14(17)22;/h14,22H,5-11H2,1-4H3,(H2,18,19,20);1H. The van der Waals surface area contributed by atoms with Crippen molar-refractivity contribution in [2.75, 3.05) is 13.1 Å². The molecule has 1 aromatic rings. The summed E-state index contributed by atoms with van der Waals surface area (Å²) in [6, 6.07) is 0. The van der Waals surface area contributed by atoms with Gasteiger partial charge in [0.2, 0.25) is 0 Å². The van der Waals surface area contributed by atoms with Gasteiger partial charge in [0, 0.05) is 23.4 Å². The maximum absolute atomic E-state index is 10.3. The summed E-state index contributed by atoms with van der Waals surface area (Å²) in [7, 11) is 0. The van der Waals surface area contributed by atoms with E-state index >= 15 is 0 Å². The van der Waals surface area contributed by atoms with E-state index in [1.165, 1.54) is 11.3 Å². The summed E-state index contributed by atoms with van der Waals surface area (Å²) >= 11 is 1.71. The van der Waals surface area contributed by atoms with Gasteiger partial charge in [0.05, 0.1) is 18.3 Å². The highest BCUT2D eigenvalue weighted by Gasteiger charge is 2.35. The number of aromatic nitrogens is 1. The molecular weight excluding hydrogens is 435 g/mol. The first-order valence-corrected chi connectivity index (χ1v) is 9.39. The first-order chi connectivity index (χ1) is 10.9. The monoisotopic (exact) mass is 466 g/mol. The molecule has 7 heteroatoms. The summed E-state index contributed by atoms with van der Waals surface area (Å²) in [5.41, 5.74) is 1.03. The molecule has 0 saturated heterocycles. The second kappa shape index (κ2) is 9.91. The van der Waals surface area contributed by atoms with Crippen LogP contribution >= 0.6 is 35.3 Å². The predicted molar refractivity (Wildman–Crippen MR) is 112 cm³/mol. The van der Waals surface area contributed by atoms with Crippen molar-refractivity contribution in [1.29, 1.82) is 0 Å². The first kappa shape index (κ1) is 21.6. The van der Waals surface area contributed by atoms with Crippen molar-refractivity contribution in [2.45, 2.75) is 66.0 Å². The SMILES string of the molecule is CCNC(=NCc1nc(C)c(C)s1)NCC1(C)CCCCC1O.I. The lowest BCUT2D eigenvalue weighted by Crippen LogP contribution is -2.48. The van der Waals surface area contributed by atoms with E-state index < -0.39 is 0 Å². The lowest BCUT2D eigenvalue weighted by Gasteiger charge is -2.38. The van der Waals surface area contributed by atoms with Gasteiger partial charge in [0.1, 0.15) is 5.01 Å². The Morgan fingerprint density at radius 2 is 2.12 bits per heavy atom. The molecule has 1 aliphatic carbocycles. The number of aliphatic hydroxyl groups is 1. The Balaban J connectivity index is 0.00000288. The normalized spacial score (nSPS) is 24.4. The Morgan fingerprint density at radius 3 is 2.71 bits per heavy atom. The van der Waals surface area contributed by atoms with Gasteiger partial charge in [0.15, 0.2) is 5.96 Å². The summed E-state index contributed by atoms with van der Waals surface area (Å²) in [6.45, 7) is 10.5. The highest BCUT2D eigenvalue weighted by atomic mass is 127. The van der Waals surface area contributed by atoms with Crippen LogP contribution in [0, 0.1) is 19.3 Å². The molecule has 1 aliphatic rings. The van der Waals surface area contributed by atoms with E-state index in [0.717, 1.165) is 49.0 Å². The van der Waals surface area contributed by atoms with Crippen LogP contribution in [0.15, 0.2) is 4.99 Å². The van der Waals surface area contributed by atoms with E-state index in [0.29, 0.717) is 6.54 Å². The van der Waals surface area contributed by atoms with Crippen molar-refractivity contribution in [3.8, 4) is 0 Å². The van der Waals surface area contributed by atoms with E-state index in [2.05, 4.69) is 41.4 Å². The Bertz CT molecular complexity index is 529. The van der Waals surface area contributed by atoms with Crippen LogP contribution in [0.25, 0.3) is 0 Å². The molecule has 0 bridgehead atoms. The number of halogens is 1. The number of aryl methyl sites for hydroxylation is 2. The lowest BCUT2D eigenvalue weighted by atomic mass is 9.73. The fourth-order valence-electron chi connectivity index (χ4n) is 2.97. The average molecular weight is 466 g/mol. The first-order valence-electron chi connectivity index (χ1n) is 8.58. The fourth-order valence-corrected chi connectivity index (χ4v) is 3.83. The number of nitrogens with zero attached hydrogens (tertiary/aromatic N) is 2. The van der Waals surface area contributed by atoms with Crippen LogP contribution in [0.2, 0.25) is 0 Å². The van der Waals surface area contributed by atoms with Crippen molar-refractivity contribution >= 4 is 41.3 Å². The molecule has 0 aromatic carbocycles.